The average molecular weight is 493 g/mol. The number of carbonyl (C=O) groups excluding carboxylic acids is 3. The SMILES string of the molecule is NC(=O)c1ccc(-n2ccnc2)cc1C(Cc1ccc(Cl)cc1)C(=O)NC12CCCC1OCC2=O. The first-order valence-corrected chi connectivity index (χ1v) is 11.9. The largest absolute Gasteiger partial charge is 0.367 e. The van der Waals surface area contributed by atoms with E-state index in [2.05, 4.69) is 10.3 Å². The molecule has 3 N–H and O–H groups in total. The summed E-state index contributed by atoms with van der Waals surface area (Å²) in [6, 6.07) is 12.3. The van der Waals surface area contributed by atoms with Gasteiger partial charge in [-0.25, -0.2) is 4.98 Å². The Bertz CT molecular complexity index is 1280. The molecule has 0 spiro atoms. The molecule has 2 fully saturated rings. The van der Waals surface area contributed by atoms with Crippen molar-refractivity contribution in [2.75, 3.05) is 6.61 Å². The third-order valence-corrected chi connectivity index (χ3v) is 7.25. The number of primary amides is 1. The number of nitrogens with zero attached hydrogens (tertiary/aromatic N) is 2. The molecule has 3 atom stereocenters. The number of fused-ring (bicyclic) bond motifs is 1. The lowest BCUT2D eigenvalue weighted by molar-refractivity contribution is -0.130. The summed E-state index contributed by atoms with van der Waals surface area (Å²) in [5.41, 5.74) is 7.01. The summed E-state index contributed by atoms with van der Waals surface area (Å²) in [5.74, 6) is -1.88. The Hall–Kier alpha value is -3.49. The van der Waals surface area contributed by atoms with Crippen molar-refractivity contribution >= 4 is 29.2 Å². The fraction of sp³-hybridized carbons (Fsp3) is 0.308. The van der Waals surface area contributed by atoms with Crippen LogP contribution in [0.3, 0.4) is 0 Å². The van der Waals surface area contributed by atoms with Crippen molar-refractivity contribution in [3.63, 3.8) is 0 Å². The van der Waals surface area contributed by atoms with Crippen LogP contribution in [-0.2, 0) is 20.7 Å². The van der Waals surface area contributed by atoms with Crippen LogP contribution in [0.5, 0.6) is 0 Å². The molecule has 8 nitrogen and oxygen atoms in total. The molecule has 2 amide bonds. The molecule has 5 rings (SSSR count). The molecule has 1 saturated heterocycles. The van der Waals surface area contributed by atoms with E-state index in [1.165, 1.54) is 0 Å². The monoisotopic (exact) mass is 492 g/mol. The number of halogens is 1. The summed E-state index contributed by atoms with van der Waals surface area (Å²) >= 11 is 6.06. The quantitative estimate of drug-likeness (QED) is 0.526. The Balaban J connectivity index is 1.58. The van der Waals surface area contributed by atoms with E-state index >= 15 is 0 Å². The first-order chi connectivity index (χ1) is 16.9. The molecule has 1 aliphatic carbocycles. The molecule has 2 aliphatic rings. The highest BCUT2D eigenvalue weighted by molar-refractivity contribution is 6.30. The van der Waals surface area contributed by atoms with Crippen LogP contribution in [-0.4, -0.2) is 45.4 Å². The van der Waals surface area contributed by atoms with Gasteiger partial charge in [0.05, 0.1) is 18.3 Å². The number of ketones is 1. The lowest BCUT2D eigenvalue weighted by Gasteiger charge is -2.30. The molecule has 2 aromatic carbocycles. The zero-order chi connectivity index (χ0) is 24.6. The predicted molar refractivity (Wildman–Crippen MR) is 129 cm³/mol. The molecular weight excluding hydrogens is 468 g/mol. The molecule has 35 heavy (non-hydrogen) atoms. The normalized spacial score (nSPS) is 22.1. The summed E-state index contributed by atoms with van der Waals surface area (Å²) in [6.07, 6.45) is 7.05. The number of rotatable bonds is 7. The molecule has 1 saturated carbocycles. The lowest BCUT2D eigenvalue weighted by atomic mass is 9.85. The maximum atomic E-state index is 13.9. The number of Topliss-reactive ketones (excluding diaryl/α,β-unsaturated/α-hetero) is 1. The standard InChI is InChI=1S/C26H25ClN4O4/c27-17-5-3-16(4-6-17)12-21(25(34)30-26-9-1-2-23(26)35-14-22(26)32)20-13-18(31-11-10-29-15-31)7-8-19(20)24(28)33/h3-8,10-11,13,15,21,23H,1-2,9,12,14H2,(H2,28,33)(H,30,34). The molecule has 0 radical (unpaired) electrons. The smallest absolute Gasteiger partial charge is 0.249 e. The minimum absolute atomic E-state index is 0.00452. The summed E-state index contributed by atoms with van der Waals surface area (Å²) in [6.45, 7) is -0.00452. The van der Waals surface area contributed by atoms with Crippen LogP contribution in [0.15, 0.2) is 61.2 Å². The second-order valence-electron chi connectivity index (χ2n) is 9.06. The second-order valence-corrected chi connectivity index (χ2v) is 9.50. The molecule has 1 aliphatic heterocycles. The molecule has 3 aromatic rings. The van der Waals surface area contributed by atoms with E-state index < -0.39 is 17.4 Å². The number of ether oxygens (including phenoxy) is 1. The molecule has 9 heteroatoms. The van der Waals surface area contributed by atoms with Crippen molar-refractivity contribution in [2.24, 2.45) is 5.73 Å². The summed E-state index contributed by atoms with van der Waals surface area (Å²) in [7, 11) is 0. The molecule has 2 heterocycles. The van der Waals surface area contributed by atoms with E-state index in [0.29, 0.717) is 17.0 Å². The molecule has 0 bridgehead atoms. The minimum atomic E-state index is -1.02. The number of nitrogens with two attached hydrogens (primary N) is 1. The van der Waals surface area contributed by atoms with Gasteiger partial charge in [-0.1, -0.05) is 23.7 Å². The van der Waals surface area contributed by atoms with Gasteiger partial charge in [-0.2, -0.15) is 0 Å². The topological polar surface area (TPSA) is 116 Å². The fourth-order valence-electron chi connectivity index (χ4n) is 5.18. The lowest BCUT2D eigenvalue weighted by Crippen LogP contribution is -2.57. The van der Waals surface area contributed by atoms with Gasteiger partial charge in [0.1, 0.15) is 12.1 Å². The van der Waals surface area contributed by atoms with Gasteiger partial charge in [0.15, 0.2) is 5.78 Å². The van der Waals surface area contributed by atoms with Crippen molar-refractivity contribution in [1.29, 1.82) is 0 Å². The van der Waals surface area contributed by atoms with Gasteiger partial charge in [-0.05, 0) is 67.1 Å². The van der Waals surface area contributed by atoms with Crippen LogP contribution in [0.1, 0.15) is 46.7 Å². The van der Waals surface area contributed by atoms with Gasteiger partial charge < -0.3 is 20.4 Å². The number of nitrogens with one attached hydrogen (secondary N) is 1. The van der Waals surface area contributed by atoms with Gasteiger partial charge in [-0.3, -0.25) is 14.4 Å². The number of imidazole rings is 1. The van der Waals surface area contributed by atoms with Crippen LogP contribution in [0.25, 0.3) is 5.69 Å². The van der Waals surface area contributed by atoms with Crippen LogP contribution in [0, 0.1) is 0 Å². The maximum Gasteiger partial charge on any atom is 0.249 e. The van der Waals surface area contributed by atoms with E-state index in [-0.39, 0.29) is 36.4 Å². The number of amides is 2. The number of hydrogen-bond acceptors (Lipinski definition) is 5. The van der Waals surface area contributed by atoms with Gasteiger partial charge >= 0.3 is 0 Å². The summed E-state index contributed by atoms with van der Waals surface area (Å²) in [5, 5.41) is 3.62. The van der Waals surface area contributed by atoms with Crippen molar-refractivity contribution in [1.82, 2.24) is 14.9 Å². The van der Waals surface area contributed by atoms with E-state index in [1.807, 2.05) is 12.1 Å². The van der Waals surface area contributed by atoms with Crippen molar-refractivity contribution in [2.45, 2.75) is 43.2 Å². The van der Waals surface area contributed by atoms with E-state index in [4.69, 9.17) is 22.1 Å². The van der Waals surface area contributed by atoms with Crippen LogP contribution in [0.2, 0.25) is 5.02 Å². The summed E-state index contributed by atoms with van der Waals surface area (Å²) in [4.78, 5) is 43.2. The van der Waals surface area contributed by atoms with E-state index in [0.717, 1.165) is 24.1 Å². The first kappa shape index (κ1) is 23.3. The van der Waals surface area contributed by atoms with Crippen LogP contribution >= 0.6 is 11.6 Å². The third-order valence-electron chi connectivity index (χ3n) is 6.99. The Morgan fingerprint density at radius 3 is 2.77 bits per heavy atom. The van der Waals surface area contributed by atoms with Gasteiger partial charge in [0, 0.05) is 28.7 Å². The number of aromatic nitrogens is 2. The predicted octanol–water partition coefficient (Wildman–Crippen LogP) is 2.96. The average Bonchev–Trinajstić information content (AvgIpc) is 3.58. The van der Waals surface area contributed by atoms with Crippen molar-refractivity contribution in [3.8, 4) is 5.69 Å². The highest BCUT2D eigenvalue weighted by atomic mass is 35.5. The highest BCUT2D eigenvalue weighted by Gasteiger charge is 2.55. The zero-order valence-corrected chi connectivity index (χ0v) is 19.7. The Morgan fingerprint density at radius 2 is 2.06 bits per heavy atom. The summed E-state index contributed by atoms with van der Waals surface area (Å²) < 4.78 is 7.46. The van der Waals surface area contributed by atoms with Gasteiger partial charge in [0.25, 0.3) is 0 Å². The van der Waals surface area contributed by atoms with Crippen LogP contribution in [0.4, 0.5) is 0 Å². The molecule has 3 unspecified atom stereocenters. The van der Waals surface area contributed by atoms with Crippen LogP contribution < -0.4 is 11.1 Å². The Labute approximate surface area is 207 Å². The van der Waals surface area contributed by atoms with Gasteiger partial charge in [0.2, 0.25) is 11.8 Å². The molecule has 1 aromatic heterocycles. The van der Waals surface area contributed by atoms with E-state index in [1.54, 1.807) is 53.6 Å². The highest BCUT2D eigenvalue weighted by Crippen LogP contribution is 2.39. The Morgan fingerprint density at radius 1 is 1.26 bits per heavy atom. The fourth-order valence-corrected chi connectivity index (χ4v) is 5.30. The number of carbonyl (C=O) groups is 3. The third kappa shape index (κ3) is 4.35. The molecule has 180 valence electrons. The van der Waals surface area contributed by atoms with Crippen molar-refractivity contribution < 1.29 is 19.1 Å². The van der Waals surface area contributed by atoms with E-state index in [9.17, 15) is 14.4 Å². The Kier molecular flexibility index (Phi) is 6.17. The number of hydrogen-bond donors (Lipinski definition) is 2. The zero-order valence-electron chi connectivity index (χ0n) is 18.9. The second kappa shape index (κ2) is 9.28. The number of benzene rings is 2. The maximum absolute atomic E-state index is 13.9. The minimum Gasteiger partial charge on any atom is -0.367 e. The molecular formula is C26H25ClN4O4. The van der Waals surface area contributed by atoms with Gasteiger partial charge in [-0.15, -0.1) is 0 Å². The first-order valence-electron chi connectivity index (χ1n) is 11.5. The van der Waals surface area contributed by atoms with Crippen molar-refractivity contribution in [3.05, 3.63) is 82.9 Å².